The van der Waals surface area contributed by atoms with E-state index in [9.17, 15) is 23.8 Å². The summed E-state index contributed by atoms with van der Waals surface area (Å²) in [7, 11) is -4.39. The van der Waals surface area contributed by atoms with Crippen LogP contribution in [0, 0.1) is 0 Å². The Kier molecular flexibility index (Phi) is 23.2. The molecular weight excluding hydrogens is 489 g/mol. The summed E-state index contributed by atoms with van der Waals surface area (Å²) < 4.78 is 31.5. The van der Waals surface area contributed by atoms with Crippen LogP contribution >= 0.6 is 7.82 Å². The molecule has 0 aliphatic heterocycles. The minimum absolute atomic E-state index is 0.0226. The van der Waals surface area contributed by atoms with Crippen LogP contribution in [0.15, 0.2) is 0 Å². The molecule has 2 atom stereocenters. The van der Waals surface area contributed by atoms with Gasteiger partial charge < -0.3 is 24.9 Å². The molecule has 0 aliphatic carbocycles. The fourth-order valence-electron chi connectivity index (χ4n) is 3.47. The van der Waals surface area contributed by atoms with E-state index in [0.29, 0.717) is 12.7 Å². The van der Waals surface area contributed by atoms with E-state index in [4.69, 9.17) is 19.7 Å². The summed E-state index contributed by atoms with van der Waals surface area (Å²) in [6.45, 7) is 1.22. The Morgan fingerprint density at radius 1 is 0.833 bits per heavy atom. The zero-order chi connectivity index (χ0) is 26.9. The third-order valence-electron chi connectivity index (χ3n) is 5.47. The third-order valence-corrected chi connectivity index (χ3v) is 6.46. The van der Waals surface area contributed by atoms with E-state index in [-0.39, 0.29) is 39.0 Å². The second-order valence-corrected chi connectivity index (χ2v) is 10.3. The fraction of sp³-hybridized carbons (Fsp3) is 0.880. The first-order valence-electron chi connectivity index (χ1n) is 13.4. The number of aldehydes is 1. The summed E-state index contributed by atoms with van der Waals surface area (Å²) in [5, 5.41) is 0. The molecule has 212 valence electrons. The van der Waals surface area contributed by atoms with Crippen LogP contribution in [0.1, 0.15) is 110 Å². The van der Waals surface area contributed by atoms with Gasteiger partial charge in [-0.15, -0.1) is 0 Å². The number of phosphoric acid groups is 1. The first-order valence-corrected chi connectivity index (χ1v) is 14.9. The molecule has 36 heavy (non-hydrogen) atoms. The van der Waals surface area contributed by atoms with E-state index < -0.39 is 32.5 Å². The molecule has 0 heterocycles. The molecule has 0 bridgehead atoms. The molecule has 0 amide bonds. The molecule has 0 spiro atoms. The molecular formula is C25H48NO9P. The summed E-state index contributed by atoms with van der Waals surface area (Å²) in [5.74, 6) is -1.16. The average molecular weight is 538 g/mol. The fourth-order valence-corrected chi connectivity index (χ4v) is 4.23. The highest BCUT2D eigenvalue weighted by atomic mass is 31.2. The summed E-state index contributed by atoms with van der Waals surface area (Å²) in [6.07, 6.45) is 15.2. The summed E-state index contributed by atoms with van der Waals surface area (Å²) in [4.78, 5) is 43.9. The first-order chi connectivity index (χ1) is 17.3. The van der Waals surface area contributed by atoms with Gasteiger partial charge in [0.05, 0.1) is 19.6 Å². The standard InChI is InChI=1S/C25H48NO9P/c1-2-3-4-5-6-7-8-9-10-11-12-13-14-16-24(28)32-21-23(35-25(29)17-15-19-27)22-34-36(30,31)33-20-18-26/h19,23H,2-18,20-22,26H2,1H3,(H,30,31). The summed E-state index contributed by atoms with van der Waals surface area (Å²) in [5.41, 5.74) is 5.23. The zero-order valence-electron chi connectivity index (χ0n) is 22.0. The van der Waals surface area contributed by atoms with Gasteiger partial charge in [-0.1, -0.05) is 84.0 Å². The average Bonchev–Trinajstić information content (AvgIpc) is 2.86. The van der Waals surface area contributed by atoms with Crippen molar-refractivity contribution in [2.45, 2.75) is 116 Å². The lowest BCUT2D eigenvalue weighted by Gasteiger charge is -2.19. The van der Waals surface area contributed by atoms with Gasteiger partial charge in [0, 0.05) is 19.4 Å². The van der Waals surface area contributed by atoms with Crippen molar-refractivity contribution in [2.75, 3.05) is 26.4 Å². The molecule has 2 unspecified atom stereocenters. The SMILES string of the molecule is CCCCCCCCCCCCCCCC(=O)OCC(COP(=O)(O)OCCN)OC(=O)CCC=O. The first kappa shape index (κ1) is 34.7. The smallest absolute Gasteiger partial charge is 0.462 e. The Bertz CT molecular complexity index is 618. The Labute approximate surface area is 216 Å². The van der Waals surface area contributed by atoms with Gasteiger partial charge in [0.1, 0.15) is 12.9 Å². The number of esters is 2. The topological polar surface area (TPSA) is 151 Å². The van der Waals surface area contributed by atoms with Crippen molar-refractivity contribution in [3.8, 4) is 0 Å². The number of unbranched alkanes of at least 4 members (excludes halogenated alkanes) is 12. The summed E-state index contributed by atoms with van der Waals surface area (Å²) in [6, 6.07) is 0. The molecule has 0 saturated carbocycles. The predicted octanol–water partition coefficient (Wildman–Crippen LogP) is 4.99. The van der Waals surface area contributed by atoms with E-state index in [1.807, 2.05) is 0 Å². The number of carbonyl (C=O) groups is 3. The van der Waals surface area contributed by atoms with Gasteiger partial charge in [-0.05, 0) is 6.42 Å². The maximum atomic E-state index is 12.1. The minimum Gasteiger partial charge on any atom is -0.462 e. The van der Waals surface area contributed by atoms with E-state index in [1.54, 1.807) is 0 Å². The largest absolute Gasteiger partial charge is 0.472 e. The van der Waals surface area contributed by atoms with Crippen LogP contribution in [0.5, 0.6) is 0 Å². The molecule has 0 aromatic heterocycles. The van der Waals surface area contributed by atoms with Gasteiger partial charge in [-0.3, -0.25) is 18.6 Å². The lowest BCUT2D eigenvalue weighted by Crippen LogP contribution is -2.29. The van der Waals surface area contributed by atoms with Crippen molar-refractivity contribution < 1.29 is 42.4 Å². The Morgan fingerprint density at radius 3 is 1.92 bits per heavy atom. The van der Waals surface area contributed by atoms with Crippen LogP contribution in [0.25, 0.3) is 0 Å². The maximum absolute atomic E-state index is 12.1. The lowest BCUT2D eigenvalue weighted by atomic mass is 10.0. The van der Waals surface area contributed by atoms with Gasteiger partial charge in [0.15, 0.2) is 6.10 Å². The number of nitrogens with two attached hydrogens (primary N) is 1. The Morgan fingerprint density at radius 2 is 1.39 bits per heavy atom. The number of hydrogen-bond acceptors (Lipinski definition) is 9. The van der Waals surface area contributed by atoms with Crippen molar-refractivity contribution in [3.63, 3.8) is 0 Å². The van der Waals surface area contributed by atoms with Crippen LogP contribution in [-0.2, 0) is 37.5 Å². The monoisotopic (exact) mass is 537 g/mol. The van der Waals surface area contributed by atoms with E-state index in [2.05, 4.69) is 11.4 Å². The Balaban J connectivity index is 4.07. The van der Waals surface area contributed by atoms with Crippen LogP contribution in [0.4, 0.5) is 0 Å². The van der Waals surface area contributed by atoms with Crippen LogP contribution in [0.3, 0.4) is 0 Å². The van der Waals surface area contributed by atoms with E-state index in [0.717, 1.165) is 19.3 Å². The van der Waals surface area contributed by atoms with Gasteiger partial charge in [0.25, 0.3) is 0 Å². The molecule has 0 aromatic carbocycles. The molecule has 0 aromatic rings. The predicted molar refractivity (Wildman–Crippen MR) is 137 cm³/mol. The molecule has 0 rings (SSSR count). The maximum Gasteiger partial charge on any atom is 0.472 e. The van der Waals surface area contributed by atoms with Gasteiger partial charge in [-0.2, -0.15) is 0 Å². The highest BCUT2D eigenvalue weighted by molar-refractivity contribution is 7.47. The zero-order valence-corrected chi connectivity index (χ0v) is 22.9. The number of ether oxygens (including phenoxy) is 2. The van der Waals surface area contributed by atoms with Crippen molar-refractivity contribution in [2.24, 2.45) is 5.73 Å². The number of carbonyl (C=O) groups excluding carboxylic acids is 3. The number of rotatable bonds is 26. The second-order valence-electron chi connectivity index (χ2n) is 8.88. The van der Waals surface area contributed by atoms with Crippen LogP contribution in [0.2, 0.25) is 0 Å². The highest BCUT2D eigenvalue weighted by Gasteiger charge is 2.25. The number of hydrogen-bond donors (Lipinski definition) is 2. The molecule has 10 nitrogen and oxygen atoms in total. The van der Waals surface area contributed by atoms with Gasteiger partial charge in [0.2, 0.25) is 0 Å². The van der Waals surface area contributed by atoms with Gasteiger partial charge in [-0.25, -0.2) is 4.57 Å². The van der Waals surface area contributed by atoms with Crippen molar-refractivity contribution in [3.05, 3.63) is 0 Å². The molecule has 11 heteroatoms. The van der Waals surface area contributed by atoms with Crippen LogP contribution in [-0.4, -0.2) is 55.6 Å². The highest BCUT2D eigenvalue weighted by Crippen LogP contribution is 2.43. The van der Waals surface area contributed by atoms with E-state index >= 15 is 0 Å². The van der Waals surface area contributed by atoms with Crippen molar-refractivity contribution >= 4 is 26.0 Å². The lowest BCUT2D eigenvalue weighted by molar-refractivity contribution is -0.161. The van der Waals surface area contributed by atoms with Gasteiger partial charge >= 0.3 is 19.8 Å². The molecule has 0 saturated heterocycles. The van der Waals surface area contributed by atoms with E-state index in [1.165, 1.54) is 57.8 Å². The normalized spacial score (nSPS) is 13.6. The summed E-state index contributed by atoms with van der Waals surface area (Å²) >= 11 is 0. The molecule has 0 aliphatic rings. The second kappa shape index (κ2) is 24.0. The number of phosphoric ester groups is 1. The quantitative estimate of drug-likeness (QED) is 0.0668. The molecule has 3 N–H and O–H groups in total. The molecule has 0 radical (unpaired) electrons. The minimum atomic E-state index is -4.39. The Hall–Kier alpha value is -1.32. The van der Waals surface area contributed by atoms with Crippen LogP contribution < -0.4 is 5.73 Å². The van der Waals surface area contributed by atoms with Crippen molar-refractivity contribution in [1.29, 1.82) is 0 Å². The van der Waals surface area contributed by atoms with Crippen molar-refractivity contribution in [1.82, 2.24) is 0 Å². The molecule has 0 fully saturated rings. The third kappa shape index (κ3) is 23.1.